The molecule has 0 radical (unpaired) electrons. The number of piperidine rings is 1. The van der Waals surface area contributed by atoms with Crippen LogP contribution in [0.1, 0.15) is 33.6 Å². The predicted molar refractivity (Wildman–Crippen MR) is 76.6 cm³/mol. The highest BCUT2D eigenvalue weighted by Crippen LogP contribution is 2.11. The van der Waals surface area contributed by atoms with Gasteiger partial charge in [-0.25, -0.2) is 8.42 Å². The van der Waals surface area contributed by atoms with Gasteiger partial charge in [-0.3, -0.25) is 0 Å². The van der Waals surface area contributed by atoms with Crippen LogP contribution in [0.15, 0.2) is 0 Å². The van der Waals surface area contributed by atoms with Gasteiger partial charge in [0.25, 0.3) is 0 Å². The van der Waals surface area contributed by atoms with Crippen LogP contribution in [0.25, 0.3) is 0 Å². The SMILES string of the molecule is CCS(=O)(=O)CCNC1CCN(CC(C)C)CC1. The molecule has 1 rings (SSSR count). The zero-order chi connectivity index (χ0) is 13.6. The summed E-state index contributed by atoms with van der Waals surface area (Å²) >= 11 is 0. The molecule has 1 aliphatic heterocycles. The summed E-state index contributed by atoms with van der Waals surface area (Å²) in [4.78, 5) is 2.51. The molecule has 18 heavy (non-hydrogen) atoms. The van der Waals surface area contributed by atoms with Crippen molar-refractivity contribution in [2.45, 2.75) is 39.7 Å². The monoisotopic (exact) mass is 276 g/mol. The Bertz CT molecular complexity index is 320. The molecule has 4 nitrogen and oxygen atoms in total. The lowest BCUT2D eigenvalue weighted by Crippen LogP contribution is -2.44. The average Bonchev–Trinajstić information content (AvgIpc) is 2.30. The van der Waals surface area contributed by atoms with Crippen LogP contribution in [0, 0.1) is 5.92 Å². The molecule has 0 aromatic carbocycles. The predicted octanol–water partition coefficient (Wildman–Crippen LogP) is 1.13. The summed E-state index contributed by atoms with van der Waals surface area (Å²) in [6.45, 7) is 10.3. The van der Waals surface area contributed by atoms with E-state index in [0.717, 1.165) is 31.8 Å². The van der Waals surface area contributed by atoms with Gasteiger partial charge in [0, 0.05) is 24.9 Å². The standard InChI is InChI=1S/C13H28N2O2S/c1-4-18(16,17)10-7-14-13-5-8-15(9-6-13)11-12(2)3/h12-14H,4-11H2,1-3H3. The number of nitrogens with one attached hydrogen (secondary N) is 1. The van der Waals surface area contributed by atoms with E-state index in [9.17, 15) is 8.42 Å². The lowest BCUT2D eigenvalue weighted by molar-refractivity contribution is 0.181. The van der Waals surface area contributed by atoms with Crippen molar-refractivity contribution in [3.63, 3.8) is 0 Å². The minimum absolute atomic E-state index is 0.252. The van der Waals surface area contributed by atoms with Gasteiger partial charge >= 0.3 is 0 Å². The maximum Gasteiger partial charge on any atom is 0.151 e. The van der Waals surface area contributed by atoms with Crippen molar-refractivity contribution in [3.05, 3.63) is 0 Å². The summed E-state index contributed by atoms with van der Waals surface area (Å²) in [7, 11) is -2.82. The smallest absolute Gasteiger partial charge is 0.151 e. The zero-order valence-electron chi connectivity index (χ0n) is 12.0. The first-order valence-electron chi connectivity index (χ1n) is 7.09. The molecule has 1 aliphatic rings. The second kappa shape index (κ2) is 7.46. The van der Waals surface area contributed by atoms with E-state index in [1.165, 1.54) is 6.54 Å². The highest BCUT2D eigenvalue weighted by atomic mass is 32.2. The Morgan fingerprint density at radius 2 is 1.89 bits per heavy atom. The summed E-state index contributed by atoms with van der Waals surface area (Å²) in [5.41, 5.74) is 0. The van der Waals surface area contributed by atoms with Gasteiger partial charge in [-0.1, -0.05) is 20.8 Å². The molecule has 0 aromatic heterocycles. The van der Waals surface area contributed by atoms with E-state index >= 15 is 0 Å². The summed E-state index contributed by atoms with van der Waals surface area (Å²) in [6, 6.07) is 0.500. The number of rotatable bonds is 7. The van der Waals surface area contributed by atoms with Crippen LogP contribution in [0.5, 0.6) is 0 Å². The first-order valence-corrected chi connectivity index (χ1v) is 8.91. The fraction of sp³-hybridized carbons (Fsp3) is 1.00. The van der Waals surface area contributed by atoms with Crippen molar-refractivity contribution in [1.29, 1.82) is 0 Å². The van der Waals surface area contributed by atoms with Crippen molar-refractivity contribution < 1.29 is 8.42 Å². The van der Waals surface area contributed by atoms with Crippen LogP contribution in [-0.4, -0.2) is 57.0 Å². The maximum absolute atomic E-state index is 11.4. The van der Waals surface area contributed by atoms with Crippen molar-refractivity contribution in [2.24, 2.45) is 5.92 Å². The van der Waals surface area contributed by atoms with Crippen molar-refractivity contribution >= 4 is 9.84 Å². The molecule has 5 heteroatoms. The van der Waals surface area contributed by atoms with Crippen LogP contribution in [-0.2, 0) is 9.84 Å². The van der Waals surface area contributed by atoms with Gasteiger partial charge in [0.1, 0.15) is 0 Å². The van der Waals surface area contributed by atoms with Gasteiger partial charge in [0.2, 0.25) is 0 Å². The minimum Gasteiger partial charge on any atom is -0.313 e. The number of nitrogens with zero attached hydrogens (tertiary/aromatic N) is 1. The Kier molecular flexibility index (Phi) is 6.60. The van der Waals surface area contributed by atoms with E-state index in [1.54, 1.807) is 6.92 Å². The summed E-state index contributed by atoms with van der Waals surface area (Å²) in [5, 5.41) is 3.38. The molecule has 1 N–H and O–H groups in total. The second-order valence-corrected chi connectivity index (χ2v) is 8.13. The Labute approximate surface area is 112 Å². The molecule has 0 bridgehead atoms. The van der Waals surface area contributed by atoms with Gasteiger partial charge in [-0.15, -0.1) is 0 Å². The van der Waals surface area contributed by atoms with E-state index in [2.05, 4.69) is 24.1 Å². The third kappa shape index (κ3) is 6.16. The number of likely N-dealkylation sites (tertiary alicyclic amines) is 1. The third-order valence-corrected chi connectivity index (χ3v) is 5.20. The molecule has 1 fully saturated rings. The minimum atomic E-state index is -2.82. The molecule has 108 valence electrons. The van der Waals surface area contributed by atoms with Gasteiger partial charge in [0.15, 0.2) is 9.84 Å². The van der Waals surface area contributed by atoms with Crippen LogP contribution in [0.4, 0.5) is 0 Å². The second-order valence-electron chi connectivity index (χ2n) is 5.66. The Balaban J connectivity index is 2.16. The van der Waals surface area contributed by atoms with E-state index in [-0.39, 0.29) is 11.5 Å². The van der Waals surface area contributed by atoms with Crippen molar-refractivity contribution in [3.8, 4) is 0 Å². The number of sulfone groups is 1. The number of hydrogen-bond donors (Lipinski definition) is 1. The molecule has 0 unspecified atom stereocenters. The topological polar surface area (TPSA) is 49.4 Å². The van der Waals surface area contributed by atoms with Crippen molar-refractivity contribution in [1.82, 2.24) is 10.2 Å². The van der Waals surface area contributed by atoms with E-state index in [1.807, 2.05) is 0 Å². The van der Waals surface area contributed by atoms with Gasteiger partial charge in [-0.2, -0.15) is 0 Å². The lowest BCUT2D eigenvalue weighted by Gasteiger charge is -2.33. The average molecular weight is 276 g/mol. The van der Waals surface area contributed by atoms with Crippen molar-refractivity contribution in [2.75, 3.05) is 37.7 Å². The first kappa shape index (κ1) is 15.9. The molecule has 1 heterocycles. The molecular weight excluding hydrogens is 248 g/mol. The van der Waals surface area contributed by atoms with Crippen LogP contribution in [0.3, 0.4) is 0 Å². The van der Waals surface area contributed by atoms with E-state index in [0.29, 0.717) is 12.6 Å². The van der Waals surface area contributed by atoms with Gasteiger partial charge in [0.05, 0.1) is 5.75 Å². The van der Waals surface area contributed by atoms with E-state index in [4.69, 9.17) is 0 Å². The normalized spacial score (nSPS) is 19.6. The Morgan fingerprint density at radius 1 is 1.28 bits per heavy atom. The summed E-state index contributed by atoms with van der Waals surface area (Å²) in [6.07, 6.45) is 2.28. The molecule has 0 atom stereocenters. The fourth-order valence-corrected chi connectivity index (χ4v) is 3.12. The summed E-state index contributed by atoms with van der Waals surface area (Å²) in [5.74, 6) is 1.25. The van der Waals surface area contributed by atoms with E-state index < -0.39 is 9.84 Å². The molecule has 0 aliphatic carbocycles. The van der Waals surface area contributed by atoms with Gasteiger partial charge < -0.3 is 10.2 Å². The highest BCUT2D eigenvalue weighted by Gasteiger charge is 2.19. The highest BCUT2D eigenvalue weighted by molar-refractivity contribution is 7.91. The van der Waals surface area contributed by atoms with Crippen LogP contribution >= 0.6 is 0 Å². The number of hydrogen-bond acceptors (Lipinski definition) is 4. The van der Waals surface area contributed by atoms with Crippen LogP contribution in [0.2, 0.25) is 0 Å². The van der Waals surface area contributed by atoms with Gasteiger partial charge in [-0.05, 0) is 31.8 Å². The van der Waals surface area contributed by atoms with Crippen LogP contribution < -0.4 is 5.32 Å². The molecule has 0 aromatic rings. The maximum atomic E-state index is 11.4. The Hall–Kier alpha value is -0.130. The lowest BCUT2D eigenvalue weighted by atomic mass is 10.0. The Morgan fingerprint density at radius 3 is 2.39 bits per heavy atom. The quantitative estimate of drug-likeness (QED) is 0.757. The molecule has 0 saturated carbocycles. The fourth-order valence-electron chi connectivity index (χ4n) is 2.40. The third-order valence-electron chi connectivity index (χ3n) is 3.50. The molecule has 1 saturated heterocycles. The molecular formula is C13H28N2O2S. The zero-order valence-corrected chi connectivity index (χ0v) is 12.8. The molecule has 0 amide bonds. The largest absolute Gasteiger partial charge is 0.313 e. The summed E-state index contributed by atoms with van der Waals surface area (Å²) < 4.78 is 22.7. The molecule has 0 spiro atoms. The first-order chi connectivity index (χ1) is 8.43.